The van der Waals surface area contributed by atoms with Crippen LogP contribution in [0.4, 0.5) is 0 Å². The summed E-state index contributed by atoms with van der Waals surface area (Å²) in [5.41, 5.74) is 2.47. The van der Waals surface area contributed by atoms with Gasteiger partial charge in [-0.3, -0.25) is 14.6 Å². The Hall–Kier alpha value is -2.99. The van der Waals surface area contributed by atoms with E-state index in [9.17, 15) is 9.59 Å². The van der Waals surface area contributed by atoms with Crippen molar-refractivity contribution in [2.24, 2.45) is 0 Å². The summed E-state index contributed by atoms with van der Waals surface area (Å²) in [6, 6.07) is 14.8. The highest BCUT2D eigenvalue weighted by molar-refractivity contribution is 7.13. The molecule has 126 valence electrons. The van der Waals surface area contributed by atoms with Crippen LogP contribution in [0.2, 0.25) is 0 Å². The number of nitrogens with zero attached hydrogens (tertiary/aromatic N) is 1. The molecular formula is C19H17N3O2S. The third kappa shape index (κ3) is 4.74. The second-order valence-electron chi connectivity index (χ2n) is 5.38. The fourth-order valence-electron chi connectivity index (χ4n) is 2.28. The molecule has 0 aliphatic carbocycles. The summed E-state index contributed by atoms with van der Waals surface area (Å²) in [6.45, 7) is 0.304. The third-order valence-corrected chi connectivity index (χ3v) is 4.45. The van der Waals surface area contributed by atoms with Gasteiger partial charge in [0.05, 0.1) is 6.54 Å². The summed E-state index contributed by atoms with van der Waals surface area (Å²) in [5, 5.41) is 7.40. The number of hydrogen-bond acceptors (Lipinski definition) is 4. The van der Waals surface area contributed by atoms with E-state index >= 15 is 0 Å². The van der Waals surface area contributed by atoms with Crippen LogP contribution in [0.15, 0.2) is 66.3 Å². The molecule has 0 aliphatic heterocycles. The molecule has 0 aliphatic rings. The van der Waals surface area contributed by atoms with Gasteiger partial charge >= 0.3 is 0 Å². The van der Waals surface area contributed by atoms with Gasteiger partial charge in [0, 0.05) is 34.9 Å². The van der Waals surface area contributed by atoms with Crippen molar-refractivity contribution in [2.45, 2.75) is 6.54 Å². The number of amides is 2. The summed E-state index contributed by atoms with van der Waals surface area (Å²) in [7, 11) is 0. The molecule has 25 heavy (non-hydrogen) atoms. The quantitative estimate of drug-likeness (QED) is 0.717. The molecule has 0 saturated heterocycles. The van der Waals surface area contributed by atoms with E-state index in [1.165, 1.54) is 0 Å². The van der Waals surface area contributed by atoms with Crippen LogP contribution < -0.4 is 10.6 Å². The maximum Gasteiger partial charge on any atom is 0.251 e. The summed E-state index contributed by atoms with van der Waals surface area (Å²) in [5.74, 6) is -0.511. The molecule has 2 amide bonds. The van der Waals surface area contributed by atoms with Crippen LogP contribution in [0.3, 0.4) is 0 Å². The minimum Gasteiger partial charge on any atom is -0.350 e. The van der Waals surface area contributed by atoms with Gasteiger partial charge in [-0.1, -0.05) is 24.3 Å². The van der Waals surface area contributed by atoms with Gasteiger partial charge in [-0.2, -0.15) is 0 Å². The van der Waals surface area contributed by atoms with Crippen molar-refractivity contribution in [3.05, 3.63) is 77.4 Å². The second kappa shape index (κ2) is 8.21. The molecule has 0 spiro atoms. The molecule has 2 heterocycles. The number of aromatic nitrogens is 1. The van der Waals surface area contributed by atoms with Crippen LogP contribution >= 0.6 is 11.3 Å². The topological polar surface area (TPSA) is 71.1 Å². The lowest BCUT2D eigenvalue weighted by molar-refractivity contribution is -0.120. The highest BCUT2D eigenvalue weighted by Crippen LogP contribution is 2.24. The first kappa shape index (κ1) is 16.9. The Bertz CT molecular complexity index is 848. The van der Waals surface area contributed by atoms with Gasteiger partial charge in [0.2, 0.25) is 5.91 Å². The second-order valence-corrected chi connectivity index (χ2v) is 6.33. The zero-order valence-electron chi connectivity index (χ0n) is 13.4. The summed E-state index contributed by atoms with van der Waals surface area (Å²) in [6.07, 6.45) is 3.52. The third-order valence-electron chi connectivity index (χ3n) is 3.54. The monoisotopic (exact) mass is 351 g/mol. The average Bonchev–Trinajstić information content (AvgIpc) is 3.20. The van der Waals surface area contributed by atoms with Crippen LogP contribution in [0.1, 0.15) is 15.9 Å². The molecule has 6 heteroatoms. The molecule has 3 aromatic rings. The normalized spacial score (nSPS) is 10.2. The Balaban J connectivity index is 1.49. The van der Waals surface area contributed by atoms with Crippen LogP contribution in [0.5, 0.6) is 0 Å². The maximum atomic E-state index is 11.9. The minimum atomic E-state index is -0.267. The zero-order valence-corrected chi connectivity index (χ0v) is 14.3. The van der Waals surface area contributed by atoms with Gasteiger partial charge in [0.25, 0.3) is 5.91 Å². The standard InChI is InChI=1S/C19H17N3O2S/c23-18(13-22-19(24)15-5-2-1-3-6-15)21-11-14-9-16(12-20-10-14)17-7-4-8-25-17/h1-10,12H,11,13H2,(H,21,23)(H,22,24). The number of pyridine rings is 1. The van der Waals surface area contributed by atoms with Crippen molar-refractivity contribution in [2.75, 3.05) is 6.54 Å². The Labute approximate surface area is 149 Å². The van der Waals surface area contributed by atoms with Gasteiger partial charge in [0.15, 0.2) is 0 Å². The highest BCUT2D eigenvalue weighted by Gasteiger charge is 2.08. The summed E-state index contributed by atoms with van der Waals surface area (Å²) < 4.78 is 0. The van der Waals surface area contributed by atoms with Crippen LogP contribution in [0.25, 0.3) is 10.4 Å². The maximum absolute atomic E-state index is 11.9. The lowest BCUT2D eigenvalue weighted by Crippen LogP contribution is -2.36. The van der Waals surface area contributed by atoms with Crippen LogP contribution in [0, 0.1) is 0 Å². The van der Waals surface area contributed by atoms with Crippen molar-refractivity contribution in [1.29, 1.82) is 0 Å². The summed E-state index contributed by atoms with van der Waals surface area (Å²) in [4.78, 5) is 29.2. The van der Waals surface area contributed by atoms with Crippen molar-refractivity contribution >= 4 is 23.2 Å². The smallest absolute Gasteiger partial charge is 0.251 e. The SMILES string of the molecule is O=C(CNC(=O)c1ccccc1)NCc1cncc(-c2cccs2)c1. The molecule has 0 atom stereocenters. The molecule has 2 N–H and O–H groups in total. The number of nitrogens with one attached hydrogen (secondary N) is 2. The van der Waals surface area contributed by atoms with Crippen LogP contribution in [-0.2, 0) is 11.3 Å². The Morgan fingerprint density at radius 1 is 1.00 bits per heavy atom. The van der Waals surface area contributed by atoms with E-state index in [1.54, 1.807) is 48.0 Å². The minimum absolute atomic E-state index is 0.0637. The number of carbonyl (C=O) groups is 2. The number of carbonyl (C=O) groups excluding carboxylic acids is 2. The van der Waals surface area contributed by atoms with Gasteiger partial charge in [-0.25, -0.2) is 0 Å². The van der Waals surface area contributed by atoms with E-state index in [1.807, 2.05) is 29.6 Å². The molecular weight excluding hydrogens is 334 g/mol. The van der Waals surface area contributed by atoms with Crippen molar-refractivity contribution in [3.8, 4) is 10.4 Å². The average molecular weight is 351 g/mol. The first-order valence-corrected chi connectivity index (χ1v) is 8.68. The molecule has 0 radical (unpaired) electrons. The number of thiophene rings is 1. The zero-order chi connectivity index (χ0) is 17.5. The molecule has 0 bridgehead atoms. The van der Waals surface area contributed by atoms with Crippen molar-refractivity contribution in [3.63, 3.8) is 0 Å². The molecule has 0 fully saturated rings. The fourth-order valence-corrected chi connectivity index (χ4v) is 2.99. The molecule has 0 saturated carbocycles. The first-order chi connectivity index (χ1) is 12.2. The lowest BCUT2D eigenvalue weighted by Gasteiger charge is -2.08. The van der Waals surface area contributed by atoms with Gasteiger partial charge in [-0.05, 0) is 35.2 Å². The predicted molar refractivity (Wildman–Crippen MR) is 98.2 cm³/mol. The van der Waals surface area contributed by atoms with Crippen molar-refractivity contribution in [1.82, 2.24) is 15.6 Å². The fraction of sp³-hybridized carbons (Fsp3) is 0.105. The largest absolute Gasteiger partial charge is 0.350 e. The Morgan fingerprint density at radius 3 is 2.60 bits per heavy atom. The van der Waals surface area contributed by atoms with E-state index in [0.717, 1.165) is 16.0 Å². The van der Waals surface area contributed by atoms with Crippen LogP contribution in [-0.4, -0.2) is 23.3 Å². The Kier molecular flexibility index (Phi) is 5.53. The van der Waals surface area contributed by atoms with Gasteiger partial charge in [-0.15, -0.1) is 11.3 Å². The number of hydrogen-bond donors (Lipinski definition) is 2. The predicted octanol–water partition coefficient (Wildman–Crippen LogP) is 2.86. The summed E-state index contributed by atoms with van der Waals surface area (Å²) >= 11 is 1.64. The first-order valence-electron chi connectivity index (χ1n) is 7.80. The molecule has 0 unspecified atom stereocenters. The molecule has 5 nitrogen and oxygen atoms in total. The highest BCUT2D eigenvalue weighted by atomic mass is 32.1. The molecule has 1 aromatic carbocycles. The van der Waals surface area contributed by atoms with Crippen molar-refractivity contribution < 1.29 is 9.59 Å². The van der Waals surface area contributed by atoms with Gasteiger partial charge < -0.3 is 10.6 Å². The molecule has 3 rings (SSSR count). The molecule has 2 aromatic heterocycles. The van der Waals surface area contributed by atoms with E-state index < -0.39 is 0 Å². The number of rotatable bonds is 6. The van der Waals surface area contributed by atoms with E-state index in [-0.39, 0.29) is 18.4 Å². The van der Waals surface area contributed by atoms with E-state index in [4.69, 9.17) is 0 Å². The van der Waals surface area contributed by atoms with Gasteiger partial charge in [0.1, 0.15) is 0 Å². The van der Waals surface area contributed by atoms with E-state index in [0.29, 0.717) is 12.1 Å². The van der Waals surface area contributed by atoms with E-state index in [2.05, 4.69) is 15.6 Å². The number of benzene rings is 1. The Morgan fingerprint density at radius 2 is 1.84 bits per heavy atom. The lowest BCUT2D eigenvalue weighted by atomic mass is 10.2.